The van der Waals surface area contributed by atoms with E-state index in [0.29, 0.717) is 5.71 Å². The van der Waals surface area contributed by atoms with Gasteiger partial charge in [-0.15, -0.1) is 0 Å². The second-order valence-electron chi connectivity index (χ2n) is 5.24. The summed E-state index contributed by atoms with van der Waals surface area (Å²) in [5, 5.41) is 4.04. The molecule has 0 N–H and O–H groups in total. The van der Waals surface area contributed by atoms with Crippen LogP contribution in [0.15, 0.2) is 29.4 Å². The maximum absolute atomic E-state index is 12.3. The molecule has 18 heavy (non-hydrogen) atoms. The minimum Gasteiger partial charge on any atom is -0.362 e. The van der Waals surface area contributed by atoms with E-state index < -0.39 is 17.8 Å². The average molecular weight is 245 g/mol. The lowest BCUT2D eigenvalue weighted by Gasteiger charge is -2.15. The van der Waals surface area contributed by atoms with Gasteiger partial charge in [0.25, 0.3) is 0 Å². The summed E-state index contributed by atoms with van der Waals surface area (Å²) in [4.78, 5) is 17.6. The summed E-state index contributed by atoms with van der Waals surface area (Å²) in [7, 11) is 0. The highest BCUT2D eigenvalue weighted by atomic mass is 16.8. The molecule has 0 aliphatic carbocycles. The molecule has 0 radical (unpaired) electrons. The van der Waals surface area contributed by atoms with Gasteiger partial charge in [0.2, 0.25) is 6.29 Å². The molecule has 94 valence electrons. The van der Waals surface area contributed by atoms with Crippen molar-refractivity contribution in [2.75, 3.05) is 0 Å². The Morgan fingerprint density at radius 2 is 2.00 bits per heavy atom. The minimum absolute atomic E-state index is 0.0343. The van der Waals surface area contributed by atoms with Gasteiger partial charge in [-0.2, -0.15) is 0 Å². The maximum atomic E-state index is 12.3. The predicted molar refractivity (Wildman–Crippen MR) is 66.3 cm³/mol. The highest BCUT2D eigenvalue weighted by Crippen LogP contribution is 2.38. The molecule has 0 bridgehead atoms. The quantitative estimate of drug-likeness (QED) is 0.760. The molecule has 2 aliphatic rings. The average Bonchev–Trinajstić information content (AvgIpc) is 2.80. The number of carbonyl (C=O) groups is 1. The monoisotopic (exact) mass is 245 g/mol. The topological polar surface area (TPSA) is 47.9 Å². The van der Waals surface area contributed by atoms with Gasteiger partial charge in [-0.05, 0) is 26.3 Å². The van der Waals surface area contributed by atoms with E-state index >= 15 is 0 Å². The molecule has 2 heterocycles. The van der Waals surface area contributed by atoms with Gasteiger partial charge in [0.05, 0.1) is 0 Å². The van der Waals surface area contributed by atoms with Crippen LogP contribution >= 0.6 is 0 Å². The van der Waals surface area contributed by atoms with Gasteiger partial charge in [-0.25, -0.2) is 0 Å². The van der Waals surface area contributed by atoms with Crippen molar-refractivity contribution in [1.82, 2.24) is 0 Å². The Labute approximate surface area is 106 Å². The van der Waals surface area contributed by atoms with Crippen LogP contribution in [0.3, 0.4) is 0 Å². The van der Waals surface area contributed by atoms with E-state index in [4.69, 9.17) is 9.57 Å². The van der Waals surface area contributed by atoms with E-state index in [1.165, 1.54) is 0 Å². The van der Waals surface area contributed by atoms with E-state index in [-0.39, 0.29) is 5.78 Å². The lowest BCUT2D eigenvalue weighted by molar-refractivity contribution is -0.159. The van der Waals surface area contributed by atoms with Crippen LogP contribution in [0, 0.1) is 12.8 Å². The number of rotatable bonds is 1. The van der Waals surface area contributed by atoms with Gasteiger partial charge in [-0.1, -0.05) is 29.4 Å². The number of benzene rings is 1. The standard InChI is InChI=1S/C14H15NO3/c1-8-6-4-5-7-9(8)11-10-12(16)14(2,3)17-13(10)18-15-11/h4-7,10,13H,1-3H3/t10-,13-/m0/s1. The highest BCUT2D eigenvalue weighted by molar-refractivity contribution is 6.17. The number of Topliss-reactive ketones (excluding diaryl/α,β-unsaturated/α-hetero) is 1. The molecule has 0 saturated carbocycles. The van der Waals surface area contributed by atoms with Crippen molar-refractivity contribution in [3.8, 4) is 0 Å². The summed E-state index contributed by atoms with van der Waals surface area (Å²) >= 11 is 0. The molecule has 1 fully saturated rings. The fourth-order valence-corrected chi connectivity index (χ4v) is 2.49. The number of nitrogens with zero attached hydrogens (tertiary/aromatic N) is 1. The summed E-state index contributed by atoms with van der Waals surface area (Å²) in [5.74, 6) is -0.367. The molecule has 0 amide bonds. The largest absolute Gasteiger partial charge is 0.362 e. The number of hydrogen-bond acceptors (Lipinski definition) is 4. The summed E-state index contributed by atoms with van der Waals surface area (Å²) < 4.78 is 5.59. The van der Waals surface area contributed by atoms with E-state index in [9.17, 15) is 4.79 Å². The van der Waals surface area contributed by atoms with Gasteiger partial charge in [0.1, 0.15) is 17.2 Å². The Kier molecular flexibility index (Phi) is 2.32. The molecule has 1 aromatic carbocycles. The number of hydrogen-bond donors (Lipinski definition) is 0. The fraction of sp³-hybridized carbons (Fsp3) is 0.429. The van der Waals surface area contributed by atoms with E-state index in [1.54, 1.807) is 13.8 Å². The Morgan fingerprint density at radius 1 is 1.28 bits per heavy atom. The van der Waals surface area contributed by atoms with Crippen molar-refractivity contribution in [2.24, 2.45) is 11.1 Å². The molecule has 4 nitrogen and oxygen atoms in total. The Morgan fingerprint density at radius 3 is 2.72 bits per heavy atom. The first-order valence-electron chi connectivity index (χ1n) is 6.02. The first-order valence-corrected chi connectivity index (χ1v) is 6.02. The molecule has 0 spiro atoms. The molecular weight excluding hydrogens is 230 g/mol. The van der Waals surface area contributed by atoms with Gasteiger partial charge in [-0.3, -0.25) is 4.79 Å². The molecule has 4 heteroatoms. The number of oxime groups is 1. The Hall–Kier alpha value is -1.68. The third-order valence-electron chi connectivity index (χ3n) is 3.53. The van der Waals surface area contributed by atoms with Crippen LogP contribution in [-0.4, -0.2) is 23.4 Å². The summed E-state index contributed by atoms with van der Waals surface area (Å²) in [6, 6.07) is 7.85. The second-order valence-corrected chi connectivity index (χ2v) is 5.24. The lowest BCUT2D eigenvalue weighted by Crippen LogP contribution is -2.33. The van der Waals surface area contributed by atoms with Crippen LogP contribution in [-0.2, 0) is 14.4 Å². The number of fused-ring (bicyclic) bond motifs is 1. The van der Waals surface area contributed by atoms with Crippen molar-refractivity contribution < 1.29 is 14.4 Å². The number of ketones is 1. The van der Waals surface area contributed by atoms with Crippen LogP contribution in [0.4, 0.5) is 0 Å². The number of carbonyl (C=O) groups excluding carboxylic acids is 1. The van der Waals surface area contributed by atoms with Gasteiger partial charge >= 0.3 is 0 Å². The van der Waals surface area contributed by atoms with Gasteiger partial charge in [0.15, 0.2) is 5.78 Å². The highest BCUT2D eigenvalue weighted by Gasteiger charge is 2.55. The molecule has 0 unspecified atom stereocenters. The van der Waals surface area contributed by atoms with Crippen molar-refractivity contribution in [3.63, 3.8) is 0 Å². The molecule has 1 aromatic rings. The lowest BCUT2D eigenvalue weighted by atomic mass is 9.87. The molecule has 3 rings (SSSR count). The zero-order chi connectivity index (χ0) is 12.9. The molecule has 2 atom stereocenters. The summed E-state index contributed by atoms with van der Waals surface area (Å²) in [5.41, 5.74) is 1.94. The van der Waals surface area contributed by atoms with E-state index in [2.05, 4.69) is 5.16 Å². The molecule has 0 aromatic heterocycles. The first kappa shape index (κ1) is 11.4. The molecule has 2 aliphatic heterocycles. The van der Waals surface area contributed by atoms with Crippen LogP contribution in [0.5, 0.6) is 0 Å². The number of ether oxygens (including phenoxy) is 1. The minimum atomic E-state index is -0.792. The maximum Gasteiger partial charge on any atom is 0.243 e. The van der Waals surface area contributed by atoms with Crippen molar-refractivity contribution in [2.45, 2.75) is 32.7 Å². The third-order valence-corrected chi connectivity index (χ3v) is 3.53. The summed E-state index contributed by atoms with van der Waals surface area (Å²) in [6.07, 6.45) is -0.567. The Balaban J connectivity index is 2.02. The van der Waals surface area contributed by atoms with Gasteiger partial charge in [0, 0.05) is 5.56 Å². The molecular formula is C14H15NO3. The zero-order valence-corrected chi connectivity index (χ0v) is 10.6. The van der Waals surface area contributed by atoms with Crippen LogP contribution in [0.1, 0.15) is 25.0 Å². The predicted octanol–water partition coefficient (Wildman–Crippen LogP) is 2.05. The number of aryl methyl sites for hydroxylation is 1. The zero-order valence-electron chi connectivity index (χ0n) is 10.6. The van der Waals surface area contributed by atoms with Crippen molar-refractivity contribution in [3.05, 3.63) is 35.4 Å². The van der Waals surface area contributed by atoms with E-state index in [1.807, 2.05) is 31.2 Å². The normalized spacial score (nSPS) is 28.8. The van der Waals surface area contributed by atoms with Gasteiger partial charge < -0.3 is 9.57 Å². The van der Waals surface area contributed by atoms with Crippen LogP contribution in [0.2, 0.25) is 0 Å². The SMILES string of the molecule is Cc1ccccc1C1=NO[C@@H]2OC(C)(C)C(=O)[C@H]12. The fourth-order valence-electron chi connectivity index (χ4n) is 2.49. The van der Waals surface area contributed by atoms with E-state index in [0.717, 1.165) is 11.1 Å². The smallest absolute Gasteiger partial charge is 0.243 e. The molecule has 1 saturated heterocycles. The third kappa shape index (κ3) is 1.49. The van der Waals surface area contributed by atoms with Crippen molar-refractivity contribution >= 4 is 11.5 Å². The second kappa shape index (κ2) is 3.65. The van der Waals surface area contributed by atoms with Crippen LogP contribution in [0.25, 0.3) is 0 Å². The van der Waals surface area contributed by atoms with Crippen molar-refractivity contribution in [1.29, 1.82) is 0 Å². The first-order chi connectivity index (χ1) is 8.50. The Bertz CT molecular complexity index is 548. The summed E-state index contributed by atoms with van der Waals surface area (Å²) in [6.45, 7) is 5.54. The van der Waals surface area contributed by atoms with Crippen LogP contribution < -0.4 is 0 Å².